The van der Waals surface area contributed by atoms with Gasteiger partial charge in [0.15, 0.2) is 5.78 Å². The average molecular weight is 140 g/mol. The first kappa shape index (κ1) is 6.35. The summed E-state index contributed by atoms with van der Waals surface area (Å²) in [5, 5.41) is 0. The van der Waals surface area contributed by atoms with E-state index in [-0.39, 0.29) is 12.0 Å². The van der Waals surface area contributed by atoms with Crippen LogP contribution in [0.25, 0.3) is 0 Å². The highest BCUT2D eigenvalue weighted by molar-refractivity contribution is 5.89. The number of hydrogen-bond donors (Lipinski definition) is 0. The topological polar surface area (TPSA) is 29.6 Å². The molecule has 1 aliphatic carbocycles. The summed E-state index contributed by atoms with van der Waals surface area (Å²) < 4.78 is 5.18. The van der Waals surface area contributed by atoms with Crippen molar-refractivity contribution in [3.8, 4) is 0 Å². The Morgan fingerprint density at radius 3 is 2.90 bits per heavy atom. The van der Waals surface area contributed by atoms with Gasteiger partial charge in [0.2, 0.25) is 0 Å². The van der Waals surface area contributed by atoms with Crippen molar-refractivity contribution in [3.63, 3.8) is 0 Å². The van der Waals surface area contributed by atoms with Crippen LogP contribution in [0.2, 0.25) is 0 Å². The highest BCUT2D eigenvalue weighted by Crippen LogP contribution is 2.39. The van der Waals surface area contributed by atoms with E-state index < -0.39 is 0 Å². The fraction of sp³-hybridized carbons (Fsp3) is 0.875. The number of hydrogen-bond acceptors (Lipinski definition) is 2. The molecule has 4 atom stereocenters. The summed E-state index contributed by atoms with van der Waals surface area (Å²) in [6.07, 6.45) is 1.36. The highest BCUT2D eigenvalue weighted by atomic mass is 16.6. The van der Waals surface area contributed by atoms with Gasteiger partial charge in [-0.25, -0.2) is 0 Å². The first-order chi connectivity index (χ1) is 4.70. The van der Waals surface area contributed by atoms with Crippen molar-refractivity contribution in [1.29, 1.82) is 0 Å². The molecule has 1 saturated heterocycles. The molecule has 2 heteroatoms. The van der Waals surface area contributed by atoms with E-state index in [2.05, 4.69) is 6.92 Å². The van der Waals surface area contributed by atoms with Gasteiger partial charge in [0.25, 0.3) is 0 Å². The van der Waals surface area contributed by atoms with Crippen LogP contribution in [-0.4, -0.2) is 18.0 Å². The first-order valence-corrected chi connectivity index (χ1v) is 3.89. The van der Waals surface area contributed by atoms with E-state index in [0.717, 1.165) is 6.42 Å². The number of carbonyl (C=O) groups excluding carboxylic acids is 1. The minimum atomic E-state index is -0.00815. The Labute approximate surface area is 60.6 Å². The van der Waals surface area contributed by atoms with Gasteiger partial charge >= 0.3 is 0 Å². The molecule has 1 aliphatic heterocycles. The van der Waals surface area contributed by atoms with Gasteiger partial charge in [0, 0.05) is 5.92 Å². The predicted octanol–water partition coefficient (Wildman–Crippen LogP) is 0.999. The average Bonchev–Trinajstić information content (AvgIpc) is 2.62. The summed E-state index contributed by atoms with van der Waals surface area (Å²) in [5.41, 5.74) is 0. The zero-order chi connectivity index (χ0) is 7.30. The molecule has 2 aliphatic rings. The molecular formula is C8H12O2. The van der Waals surface area contributed by atoms with Gasteiger partial charge < -0.3 is 4.74 Å². The maximum atomic E-state index is 11.3. The van der Waals surface area contributed by atoms with E-state index in [1.165, 1.54) is 0 Å². The molecular weight excluding hydrogens is 128 g/mol. The second kappa shape index (κ2) is 1.82. The quantitative estimate of drug-likeness (QED) is 0.470. The lowest BCUT2D eigenvalue weighted by Gasteiger charge is -2.20. The second-order valence-electron chi connectivity index (χ2n) is 3.50. The van der Waals surface area contributed by atoms with Crippen LogP contribution in [0, 0.1) is 11.8 Å². The molecule has 0 radical (unpaired) electrons. The molecule has 0 aromatic rings. The van der Waals surface area contributed by atoms with Crippen LogP contribution in [0.5, 0.6) is 0 Å². The Kier molecular flexibility index (Phi) is 1.15. The lowest BCUT2D eigenvalue weighted by molar-refractivity contribution is -0.125. The molecule has 0 N–H and O–H groups in total. The Bertz CT molecular complexity index is 176. The van der Waals surface area contributed by atoms with Crippen molar-refractivity contribution in [3.05, 3.63) is 0 Å². The number of epoxide rings is 1. The molecule has 2 nitrogen and oxygen atoms in total. The summed E-state index contributed by atoms with van der Waals surface area (Å²) in [5.74, 6) is 1.07. The lowest BCUT2D eigenvalue weighted by Crippen LogP contribution is -2.30. The largest absolute Gasteiger partial charge is 0.361 e. The summed E-state index contributed by atoms with van der Waals surface area (Å²) in [7, 11) is 0. The first-order valence-electron chi connectivity index (χ1n) is 3.89. The maximum Gasteiger partial charge on any atom is 0.167 e. The second-order valence-corrected chi connectivity index (χ2v) is 3.50. The highest BCUT2D eigenvalue weighted by Gasteiger charge is 2.51. The Hall–Kier alpha value is -0.370. The Morgan fingerprint density at radius 2 is 2.20 bits per heavy atom. The van der Waals surface area contributed by atoms with Gasteiger partial charge in [-0.15, -0.1) is 0 Å². The zero-order valence-corrected chi connectivity index (χ0v) is 6.33. The molecule has 1 heterocycles. The number of ketones is 1. The number of carbonyl (C=O) groups is 1. The minimum absolute atomic E-state index is 0.00815. The summed E-state index contributed by atoms with van der Waals surface area (Å²) in [6.45, 7) is 4.13. The van der Waals surface area contributed by atoms with E-state index in [1.54, 1.807) is 0 Å². The smallest absolute Gasteiger partial charge is 0.167 e. The third kappa shape index (κ3) is 0.717. The van der Waals surface area contributed by atoms with Crippen molar-refractivity contribution in [2.45, 2.75) is 32.5 Å². The fourth-order valence-corrected chi connectivity index (χ4v) is 1.68. The molecule has 4 unspecified atom stereocenters. The molecule has 2 fully saturated rings. The van der Waals surface area contributed by atoms with E-state index in [1.807, 2.05) is 6.92 Å². The summed E-state index contributed by atoms with van der Waals surface area (Å²) >= 11 is 0. The van der Waals surface area contributed by atoms with Gasteiger partial charge in [0.1, 0.15) is 6.10 Å². The molecule has 1 saturated carbocycles. The van der Waals surface area contributed by atoms with E-state index in [9.17, 15) is 4.79 Å². The Morgan fingerprint density at radius 1 is 1.50 bits per heavy atom. The van der Waals surface area contributed by atoms with Crippen LogP contribution < -0.4 is 0 Å². The van der Waals surface area contributed by atoms with Crippen LogP contribution in [0.15, 0.2) is 0 Å². The SMILES string of the molecule is CC1CC2OC2C(=O)C1C. The molecule has 0 amide bonds. The van der Waals surface area contributed by atoms with Crippen LogP contribution >= 0.6 is 0 Å². The van der Waals surface area contributed by atoms with Gasteiger partial charge in [0.05, 0.1) is 6.10 Å². The summed E-state index contributed by atoms with van der Waals surface area (Å²) in [4.78, 5) is 11.3. The van der Waals surface area contributed by atoms with Crippen LogP contribution in [-0.2, 0) is 9.53 Å². The number of ether oxygens (including phenoxy) is 1. The van der Waals surface area contributed by atoms with E-state index >= 15 is 0 Å². The maximum absolute atomic E-state index is 11.3. The van der Waals surface area contributed by atoms with Crippen molar-refractivity contribution < 1.29 is 9.53 Å². The molecule has 56 valence electrons. The van der Waals surface area contributed by atoms with Crippen molar-refractivity contribution in [2.75, 3.05) is 0 Å². The number of Topliss-reactive ketones (excluding diaryl/α,β-unsaturated/α-hetero) is 1. The normalized spacial score (nSPS) is 52.4. The van der Waals surface area contributed by atoms with Crippen LogP contribution in [0.4, 0.5) is 0 Å². The van der Waals surface area contributed by atoms with Crippen molar-refractivity contribution in [1.82, 2.24) is 0 Å². The summed E-state index contributed by atoms with van der Waals surface area (Å²) in [6, 6.07) is 0. The number of rotatable bonds is 0. The van der Waals surface area contributed by atoms with Gasteiger partial charge in [-0.2, -0.15) is 0 Å². The number of fused-ring (bicyclic) bond motifs is 1. The molecule has 10 heavy (non-hydrogen) atoms. The molecule has 2 rings (SSSR count). The lowest BCUT2D eigenvalue weighted by atomic mass is 9.81. The molecule has 0 bridgehead atoms. The van der Waals surface area contributed by atoms with Gasteiger partial charge in [-0.3, -0.25) is 4.79 Å². The van der Waals surface area contributed by atoms with Crippen molar-refractivity contribution >= 4 is 5.78 Å². The molecule has 0 spiro atoms. The van der Waals surface area contributed by atoms with Crippen LogP contribution in [0.3, 0.4) is 0 Å². The zero-order valence-electron chi connectivity index (χ0n) is 6.33. The fourth-order valence-electron chi connectivity index (χ4n) is 1.68. The molecule has 0 aromatic carbocycles. The van der Waals surface area contributed by atoms with Crippen molar-refractivity contribution in [2.24, 2.45) is 11.8 Å². The Balaban J connectivity index is 2.14. The van der Waals surface area contributed by atoms with E-state index in [0.29, 0.717) is 17.8 Å². The van der Waals surface area contributed by atoms with Gasteiger partial charge in [-0.1, -0.05) is 13.8 Å². The van der Waals surface area contributed by atoms with E-state index in [4.69, 9.17) is 4.74 Å². The standard InChI is InChI=1S/C8H12O2/c1-4-3-6-8(10-6)7(9)5(4)2/h4-6,8H,3H2,1-2H3. The minimum Gasteiger partial charge on any atom is -0.361 e. The molecule has 0 aromatic heterocycles. The third-order valence-corrected chi connectivity index (χ3v) is 2.77. The van der Waals surface area contributed by atoms with Crippen LogP contribution in [0.1, 0.15) is 20.3 Å². The predicted molar refractivity (Wildman–Crippen MR) is 36.6 cm³/mol. The van der Waals surface area contributed by atoms with Gasteiger partial charge in [-0.05, 0) is 12.3 Å². The third-order valence-electron chi connectivity index (χ3n) is 2.77. The monoisotopic (exact) mass is 140 g/mol.